The lowest BCUT2D eigenvalue weighted by Crippen LogP contribution is -2.54. The topological polar surface area (TPSA) is 138 Å². The Morgan fingerprint density at radius 1 is 0.978 bits per heavy atom. The molecule has 46 heavy (non-hydrogen) atoms. The molecule has 13 heteroatoms. The lowest BCUT2D eigenvalue weighted by molar-refractivity contribution is -0.136. The van der Waals surface area contributed by atoms with E-state index in [1.807, 2.05) is 39.0 Å². The van der Waals surface area contributed by atoms with E-state index in [0.717, 1.165) is 60.1 Å². The molecule has 5 amide bonds. The second-order valence-electron chi connectivity index (χ2n) is 13.2. The number of rotatable bonds is 8. The summed E-state index contributed by atoms with van der Waals surface area (Å²) in [4.78, 5) is 66.3. The molecule has 1 unspecified atom stereocenters. The van der Waals surface area contributed by atoms with Crippen LogP contribution in [0.5, 0.6) is 5.75 Å². The van der Waals surface area contributed by atoms with Crippen LogP contribution in [0.1, 0.15) is 72.7 Å². The summed E-state index contributed by atoms with van der Waals surface area (Å²) in [5.41, 5.74) is 0.955. The first-order valence-electron chi connectivity index (χ1n) is 15.7. The summed E-state index contributed by atoms with van der Waals surface area (Å²) in [7, 11) is 0. The summed E-state index contributed by atoms with van der Waals surface area (Å²) in [5, 5.41) is 5.20. The third kappa shape index (κ3) is 7.37. The van der Waals surface area contributed by atoms with Crippen LogP contribution in [-0.2, 0) is 20.9 Å². The number of nitrogens with one attached hydrogen (secondary N) is 2. The van der Waals surface area contributed by atoms with E-state index < -0.39 is 35.3 Å². The highest BCUT2D eigenvalue weighted by Crippen LogP contribution is 2.31. The van der Waals surface area contributed by atoms with Crippen molar-refractivity contribution in [2.24, 2.45) is 0 Å². The molecule has 0 bridgehead atoms. The number of piperidine rings is 2. The van der Waals surface area contributed by atoms with Crippen LogP contribution >= 0.6 is 11.9 Å². The zero-order chi connectivity index (χ0) is 32.6. The standard InChI is InChI=1S/C33H39N5O7S/c1-33(2,3)45-32(43)34-21-11-13-37(14-12-21)46-24-6-4-5-22(16-24)44-23-18-36(19-23)17-20-7-8-25-26(15-20)31(42)38(30(25)41)27-9-10-28(39)35-29(27)40/h4-8,15-16,21,23,27H,9-14,17-19H2,1-3H3,(H,34,43)(H,35,39,40). The molecule has 0 radical (unpaired) electrons. The van der Waals surface area contributed by atoms with Gasteiger partial charge >= 0.3 is 6.09 Å². The number of carbonyl (C=O) groups excluding carboxylic acids is 5. The van der Waals surface area contributed by atoms with Crippen LogP contribution in [0.25, 0.3) is 0 Å². The molecule has 2 aromatic carbocycles. The molecule has 0 aliphatic carbocycles. The summed E-state index contributed by atoms with van der Waals surface area (Å²) in [6.07, 6.45) is 1.60. The Bertz CT molecular complexity index is 1550. The highest BCUT2D eigenvalue weighted by molar-refractivity contribution is 7.97. The predicted molar refractivity (Wildman–Crippen MR) is 169 cm³/mol. The van der Waals surface area contributed by atoms with Crippen LogP contribution in [-0.4, -0.2) is 93.8 Å². The molecule has 1 atom stereocenters. The first-order chi connectivity index (χ1) is 21.9. The molecule has 6 rings (SSSR count). The molecular weight excluding hydrogens is 610 g/mol. The van der Waals surface area contributed by atoms with Gasteiger partial charge in [0, 0.05) is 50.1 Å². The maximum atomic E-state index is 13.1. The molecule has 0 aromatic heterocycles. The van der Waals surface area contributed by atoms with Crippen molar-refractivity contribution in [2.45, 2.75) is 81.7 Å². The Kier molecular flexibility index (Phi) is 9.08. The molecular formula is C33H39N5O7S. The second-order valence-corrected chi connectivity index (χ2v) is 14.3. The number of carbonyl (C=O) groups is 5. The number of amides is 5. The number of benzene rings is 2. The Morgan fingerprint density at radius 3 is 2.43 bits per heavy atom. The largest absolute Gasteiger partial charge is 0.488 e. The smallest absolute Gasteiger partial charge is 0.407 e. The van der Waals surface area contributed by atoms with E-state index in [4.69, 9.17) is 9.47 Å². The fourth-order valence-corrected chi connectivity index (χ4v) is 7.11. The third-order valence-electron chi connectivity index (χ3n) is 8.35. The normalized spacial score (nSPS) is 21.5. The average Bonchev–Trinajstić information content (AvgIpc) is 3.21. The van der Waals surface area contributed by atoms with Crippen LogP contribution in [0.4, 0.5) is 4.79 Å². The molecule has 12 nitrogen and oxygen atoms in total. The van der Waals surface area contributed by atoms with E-state index in [0.29, 0.717) is 12.1 Å². The van der Waals surface area contributed by atoms with E-state index in [9.17, 15) is 24.0 Å². The minimum absolute atomic E-state index is 0.0376. The quantitative estimate of drug-likeness (QED) is 0.324. The van der Waals surface area contributed by atoms with Crippen molar-refractivity contribution >= 4 is 41.7 Å². The van der Waals surface area contributed by atoms with Crippen LogP contribution < -0.4 is 15.4 Å². The molecule has 0 spiro atoms. The number of likely N-dealkylation sites (tertiary alicyclic amines) is 1. The predicted octanol–water partition coefficient (Wildman–Crippen LogP) is 3.35. The van der Waals surface area contributed by atoms with Crippen LogP contribution in [0.3, 0.4) is 0 Å². The molecule has 4 heterocycles. The van der Waals surface area contributed by atoms with E-state index >= 15 is 0 Å². The number of ether oxygens (including phenoxy) is 2. The van der Waals surface area contributed by atoms with Gasteiger partial charge in [-0.3, -0.25) is 34.3 Å². The summed E-state index contributed by atoms with van der Waals surface area (Å²) in [6.45, 7) is 9.33. The van der Waals surface area contributed by atoms with Gasteiger partial charge in [0.05, 0.1) is 11.1 Å². The van der Waals surface area contributed by atoms with Crippen molar-refractivity contribution in [3.8, 4) is 5.75 Å². The Morgan fingerprint density at radius 2 is 1.72 bits per heavy atom. The van der Waals surface area contributed by atoms with Gasteiger partial charge in [-0.05, 0) is 87.9 Å². The van der Waals surface area contributed by atoms with Crippen LogP contribution in [0, 0.1) is 0 Å². The highest BCUT2D eigenvalue weighted by atomic mass is 32.2. The molecule has 4 aliphatic heterocycles. The van der Waals surface area contributed by atoms with E-state index in [-0.39, 0.29) is 36.6 Å². The third-order valence-corrected chi connectivity index (χ3v) is 9.44. The molecule has 2 N–H and O–H groups in total. The van der Waals surface area contributed by atoms with Crippen molar-refractivity contribution in [3.63, 3.8) is 0 Å². The number of hydrogen-bond acceptors (Lipinski definition) is 10. The SMILES string of the molecule is CC(C)(C)OC(=O)NC1CCN(Sc2cccc(OC3CN(Cc4ccc5c(c4)C(=O)N(C4CCC(=O)NC4=O)C5=O)C3)c2)CC1. The van der Waals surface area contributed by atoms with Gasteiger partial charge in [-0.2, -0.15) is 0 Å². The fourth-order valence-electron chi connectivity index (χ4n) is 6.11. The van der Waals surface area contributed by atoms with Crippen molar-refractivity contribution in [3.05, 3.63) is 59.2 Å². The van der Waals surface area contributed by atoms with Crippen molar-refractivity contribution < 1.29 is 33.4 Å². The lowest BCUT2D eigenvalue weighted by atomic mass is 10.0. The van der Waals surface area contributed by atoms with E-state index in [1.54, 1.807) is 24.1 Å². The maximum absolute atomic E-state index is 13.1. The zero-order valence-corrected chi connectivity index (χ0v) is 27.1. The van der Waals surface area contributed by atoms with Gasteiger partial charge in [-0.15, -0.1) is 0 Å². The van der Waals surface area contributed by atoms with Gasteiger partial charge < -0.3 is 14.8 Å². The Labute approximate surface area is 272 Å². The van der Waals surface area contributed by atoms with Gasteiger partial charge in [-0.25, -0.2) is 9.10 Å². The highest BCUT2D eigenvalue weighted by Gasteiger charge is 2.44. The van der Waals surface area contributed by atoms with Gasteiger partial charge in [0.2, 0.25) is 11.8 Å². The second kappa shape index (κ2) is 13.0. The van der Waals surface area contributed by atoms with Crippen molar-refractivity contribution in [2.75, 3.05) is 26.2 Å². The van der Waals surface area contributed by atoms with Gasteiger partial charge in [0.25, 0.3) is 11.8 Å². The Hall–Kier alpha value is -3.94. The first kappa shape index (κ1) is 32.0. The van der Waals surface area contributed by atoms with Gasteiger partial charge in [-0.1, -0.05) is 12.1 Å². The van der Waals surface area contributed by atoms with Gasteiger partial charge in [0.15, 0.2) is 0 Å². The maximum Gasteiger partial charge on any atom is 0.407 e. The fraction of sp³-hybridized carbons (Fsp3) is 0.485. The van der Waals surface area contributed by atoms with Crippen LogP contribution in [0.2, 0.25) is 0 Å². The molecule has 3 fully saturated rings. The number of fused-ring (bicyclic) bond motifs is 1. The first-order valence-corrected chi connectivity index (χ1v) is 16.5. The monoisotopic (exact) mass is 649 g/mol. The zero-order valence-electron chi connectivity index (χ0n) is 26.2. The Balaban J connectivity index is 0.955. The number of hydrogen-bond donors (Lipinski definition) is 2. The number of nitrogens with zero attached hydrogens (tertiary/aromatic N) is 3. The van der Waals surface area contributed by atoms with Crippen LogP contribution in [0.15, 0.2) is 47.4 Å². The van der Waals surface area contributed by atoms with Crippen molar-refractivity contribution in [1.82, 2.24) is 24.7 Å². The molecule has 0 saturated carbocycles. The van der Waals surface area contributed by atoms with E-state index in [1.165, 1.54) is 0 Å². The molecule has 244 valence electrons. The summed E-state index contributed by atoms with van der Waals surface area (Å²) in [6, 6.07) is 12.4. The number of alkyl carbamates (subject to hydrolysis) is 1. The average molecular weight is 650 g/mol. The minimum Gasteiger partial charge on any atom is -0.488 e. The lowest BCUT2D eigenvalue weighted by Gasteiger charge is -2.39. The van der Waals surface area contributed by atoms with E-state index in [2.05, 4.69) is 32.0 Å². The molecule has 4 aliphatic rings. The summed E-state index contributed by atoms with van der Waals surface area (Å²) in [5.74, 6) is -1.20. The van der Waals surface area contributed by atoms with Gasteiger partial charge in [0.1, 0.15) is 23.5 Å². The molecule has 2 aromatic rings. The van der Waals surface area contributed by atoms with Crippen molar-refractivity contribution in [1.29, 1.82) is 0 Å². The minimum atomic E-state index is -0.973. The summed E-state index contributed by atoms with van der Waals surface area (Å²) >= 11 is 1.69. The number of imide groups is 2. The summed E-state index contributed by atoms with van der Waals surface area (Å²) < 4.78 is 13.9. The molecule has 3 saturated heterocycles.